The van der Waals surface area contributed by atoms with Crippen molar-refractivity contribution < 1.29 is 4.79 Å². The standard InChI is InChI=1S/C14H22N2OS/c1-3-4-5-8-18-10-14(17)16-13-7-6-11(2)9-12(13)15/h6-7,9H,3-5,8,10,15H2,1-2H3,(H,16,17). The molecule has 0 aliphatic heterocycles. The van der Waals surface area contributed by atoms with E-state index in [2.05, 4.69) is 12.2 Å². The quantitative estimate of drug-likeness (QED) is 0.587. The molecule has 0 bridgehead atoms. The Balaban J connectivity index is 2.31. The zero-order valence-electron chi connectivity index (χ0n) is 11.2. The van der Waals surface area contributed by atoms with Gasteiger partial charge in [0.25, 0.3) is 0 Å². The number of amides is 1. The van der Waals surface area contributed by atoms with Crippen LogP contribution in [0.25, 0.3) is 0 Å². The molecule has 0 fully saturated rings. The lowest BCUT2D eigenvalue weighted by atomic mass is 10.2. The molecule has 1 aromatic carbocycles. The van der Waals surface area contributed by atoms with Crippen LogP contribution in [0.15, 0.2) is 18.2 Å². The molecule has 0 heterocycles. The molecule has 0 radical (unpaired) electrons. The fourth-order valence-electron chi connectivity index (χ4n) is 1.60. The predicted octanol–water partition coefficient (Wildman–Crippen LogP) is 3.44. The number of anilines is 2. The van der Waals surface area contributed by atoms with Crippen LogP contribution in [0.1, 0.15) is 31.7 Å². The highest BCUT2D eigenvalue weighted by atomic mass is 32.2. The summed E-state index contributed by atoms with van der Waals surface area (Å²) in [7, 11) is 0. The predicted molar refractivity (Wildman–Crippen MR) is 81.1 cm³/mol. The molecule has 1 rings (SSSR count). The van der Waals surface area contributed by atoms with Gasteiger partial charge in [-0.1, -0.05) is 25.8 Å². The molecule has 3 nitrogen and oxygen atoms in total. The third-order valence-electron chi connectivity index (χ3n) is 2.61. The lowest BCUT2D eigenvalue weighted by molar-refractivity contribution is -0.113. The van der Waals surface area contributed by atoms with Crippen molar-refractivity contribution in [1.29, 1.82) is 0 Å². The first kappa shape index (κ1) is 14.9. The number of carbonyl (C=O) groups is 1. The first-order chi connectivity index (χ1) is 8.63. The normalized spacial score (nSPS) is 10.3. The van der Waals surface area contributed by atoms with Crippen LogP contribution in [-0.4, -0.2) is 17.4 Å². The smallest absolute Gasteiger partial charge is 0.234 e. The summed E-state index contributed by atoms with van der Waals surface area (Å²) in [6, 6.07) is 5.66. The van der Waals surface area contributed by atoms with Gasteiger partial charge in [0.1, 0.15) is 0 Å². The van der Waals surface area contributed by atoms with Gasteiger partial charge in [0, 0.05) is 0 Å². The third kappa shape index (κ3) is 5.45. The Bertz CT molecular complexity index is 393. The Morgan fingerprint density at radius 3 is 2.83 bits per heavy atom. The fraction of sp³-hybridized carbons (Fsp3) is 0.500. The molecule has 0 aromatic heterocycles. The van der Waals surface area contributed by atoms with E-state index in [4.69, 9.17) is 5.73 Å². The number of benzene rings is 1. The Morgan fingerprint density at radius 1 is 1.39 bits per heavy atom. The molecule has 1 amide bonds. The largest absolute Gasteiger partial charge is 0.397 e. The molecule has 18 heavy (non-hydrogen) atoms. The summed E-state index contributed by atoms with van der Waals surface area (Å²) in [5.74, 6) is 1.56. The highest BCUT2D eigenvalue weighted by Crippen LogP contribution is 2.19. The molecule has 1 aromatic rings. The van der Waals surface area contributed by atoms with Gasteiger partial charge in [0.15, 0.2) is 0 Å². The highest BCUT2D eigenvalue weighted by Gasteiger charge is 2.05. The van der Waals surface area contributed by atoms with Crippen molar-refractivity contribution in [3.05, 3.63) is 23.8 Å². The number of nitrogen functional groups attached to an aromatic ring is 1. The van der Waals surface area contributed by atoms with Gasteiger partial charge in [0.2, 0.25) is 5.91 Å². The van der Waals surface area contributed by atoms with E-state index in [0.29, 0.717) is 17.1 Å². The van der Waals surface area contributed by atoms with Crippen molar-refractivity contribution in [3.8, 4) is 0 Å². The van der Waals surface area contributed by atoms with Crippen LogP contribution in [0.5, 0.6) is 0 Å². The summed E-state index contributed by atoms with van der Waals surface area (Å²) in [5, 5.41) is 2.84. The van der Waals surface area contributed by atoms with Crippen molar-refractivity contribution in [2.75, 3.05) is 22.6 Å². The second-order valence-electron chi connectivity index (χ2n) is 4.40. The molecular formula is C14H22N2OS. The van der Waals surface area contributed by atoms with Crippen molar-refractivity contribution in [2.24, 2.45) is 0 Å². The third-order valence-corrected chi connectivity index (χ3v) is 3.65. The maximum atomic E-state index is 11.7. The SMILES string of the molecule is CCCCCSCC(=O)Nc1ccc(C)cc1N. The first-order valence-corrected chi connectivity index (χ1v) is 7.52. The Kier molecular flexibility index (Phi) is 6.65. The van der Waals surface area contributed by atoms with Crippen LogP contribution in [0, 0.1) is 6.92 Å². The van der Waals surface area contributed by atoms with E-state index in [0.717, 1.165) is 11.3 Å². The molecule has 4 heteroatoms. The number of thioether (sulfide) groups is 1. The molecule has 0 aliphatic rings. The average molecular weight is 266 g/mol. The number of nitrogens with one attached hydrogen (secondary N) is 1. The summed E-state index contributed by atoms with van der Waals surface area (Å²) < 4.78 is 0. The van der Waals surface area contributed by atoms with Gasteiger partial charge in [-0.25, -0.2) is 0 Å². The lowest BCUT2D eigenvalue weighted by Crippen LogP contribution is -2.15. The van der Waals surface area contributed by atoms with Crippen LogP contribution in [0.2, 0.25) is 0 Å². The number of rotatable bonds is 7. The minimum Gasteiger partial charge on any atom is -0.397 e. The summed E-state index contributed by atoms with van der Waals surface area (Å²) in [6.07, 6.45) is 3.63. The van der Waals surface area contributed by atoms with Gasteiger partial charge in [-0.15, -0.1) is 0 Å². The van der Waals surface area contributed by atoms with Crippen LogP contribution in [-0.2, 0) is 4.79 Å². The number of hydrogen-bond donors (Lipinski definition) is 2. The number of carbonyl (C=O) groups excluding carboxylic acids is 1. The molecule has 0 saturated carbocycles. The van der Waals surface area contributed by atoms with Gasteiger partial charge in [-0.3, -0.25) is 4.79 Å². The molecule has 0 spiro atoms. The van der Waals surface area contributed by atoms with E-state index in [1.165, 1.54) is 19.3 Å². The fourth-order valence-corrected chi connectivity index (χ4v) is 2.41. The molecule has 3 N–H and O–H groups in total. The van der Waals surface area contributed by atoms with E-state index >= 15 is 0 Å². The molecule has 100 valence electrons. The summed E-state index contributed by atoms with van der Waals surface area (Å²) in [4.78, 5) is 11.7. The Morgan fingerprint density at radius 2 is 2.17 bits per heavy atom. The molecular weight excluding hydrogens is 244 g/mol. The highest BCUT2D eigenvalue weighted by molar-refractivity contribution is 7.99. The summed E-state index contributed by atoms with van der Waals surface area (Å²) in [5.41, 5.74) is 8.27. The van der Waals surface area contributed by atoms with E-state index in [1.807, 2.05) is 25.1 Å². The van der Waals surface area contributed by atoms with Gasteiger partial charge in [-0.05, 0) is 36.8 Å². The van der Waals surface area contributed by atoms with Crippen LogP contribution >= 0.6 is 11.8 Å². The molecule has 0 atom stereocenters. The lowest BCUT2D eigenvalue weighted by Gasteiger charge is -2.08. The molecule has 0 saturated heterocycles. The Hall–Kier alpha value is -1.16. The zero-order valence-corrected chi connectivity index (χ0v) is 12.0. The average Bonchev–Trinajstić information content (AvgIpc) is 2.32. The first-order valence-electron chi connectivity index (χ1n) is 6.37. The summed E-state index contributed by atoms with van der Waals surface area (Å²) >= 11 is 1.68. The zero-order chi connectivity index (χ0) is 13.4. The van der Waals surface area contributed by atoms with E-state index in [-0.39, 0.29) is 5.91 Å². The van der Waals surface area contributed by atoms with Gasteiger partial charge < -0.3 is 11.1 Å². The van der Waals surface area contributed by atoms with E-state index in [1.54, 1.807) is 11.8 Å². The van der Waals surface area contributed by atoms with Crippen molar-refractivity contribution >= 4 is 29.0 Å². The number of hydrogen-bond acceptors (Lipinski definition) is 3. The van der Waals surface area contributed by atoms with Gasteiger partial charge >= 0.3 is 0 Å². The van der Waals surface area contributed by atoms with Crippen molar-refractivity contribution in [2.45, 2.75) is 33.1 Å². The van der Waals surface area contributed by atoms with E-state index < -0.39 is 0 Å². The monoisotopic (exact) mass is 266 g/mol. The van der Waals surface area contributed by atoms with Gasteiger partial charge in [-0.2, -0.15) is 11.8 Å². The second-order valence-corrected chi connectivity index (χ2v) is 5.50. The van der Waals surface area contributed by atoms with Crippen LogP contribution in [0.4, 0.5) is 11.4 Å². The Labute approximate surface area is 114 Å². The van der Waals surface area contributed by atoms with Crippen LogP contribution in [0.3, 0.4) is 0 Å². The van der Waals surface area contributed by atoms with Crippen molar-refractivity contribution in [1.82, 2.24) is 0 Å². The maximum absolute atomic E-state index is 11.7. The summed E-state index contributed by atoms with van der Waals surface area (Å²) in [6.45, 7) is 4.16. The maximum Gasteiger partial charge on any atom is 0.234 e. The molecule has 0 unspecified atom stereocenters. The minimum absolute atomic E-state index is 0.0204. The number of nitrogens with two attached hydrogens (primary N) is 1. The second kappa shape index (κ2) is 8.03. The number of aryl methyl sites for hydroxylation is 1. The van der Waals surface area contributed by atoms with E-state index in [9.17, 15) is 4.79 Å². The number of unbranched alkanes of at least 4 members (excludes halogenated alkanes) is 2. The van der Waals surface area contributed by atoms with Crippen molar-refractivity contribution in [3.63, 3.8) is 0 Å². The van der Waals surface area contributed by atoms with Gasteiger partial charge in [0.05, 0.1) is 17.1 Å². The topological polar surface area (TPSA) is 55.1 Å². The minimum atomic E-state index is 0.0204. The van der Waals surface area contributed by atoms with Crippen LogP contribution < -0.4 is 11.1 Å². The molecule has 0 aliphatic carbocycles.